The van der Waals surface area contributed by atoms with E-state index in [1.54, 1.807) is 33.8 Å². The van der Waals surface area contributed by atoms with E-state index in [4.69, 9.17) is 9.26 Å². The van der Waals surface area contributed by atoms with Crippen molar-refractivity contribution in [3.63, 3.8) is 0 Å². The van der Waals surface area contributed by atoms with Gasteiger partial charge in [-0.3, -0.25) is 4.79 Å². The second-order valence-electron chi connectivity index (χ2n) is 6.12. The number of rotatable bonds is 4. The molecule has 0 aromatic carbocycles. The molecule has 2 rings (SSSR count). The molecule has 0 bridgehead atoms. The van der Waals surface area contributed by atoms with Crippen molar-refractivity contribution >= 4 is 11.9 Å². The van der Waals surface area contributed by atoms with Gasteiger partial charge in [0.1, 0.15) is 17.4 Å². The molecular weight excluding hydrogens is 260 g/mol. The van der Waals surface area contributed by atoms with Crippen molar-refractivity contribution in [1.82, 2.24) is 10.5 Å². The molecule has 1 aliphatic rings. The molecule has 1 aliphatic carbocycles. The van der Waals surface area contributed by atoms with Crippen LogP contribution in [-0.4, -0.2) is 28.7 Å². The average molecular weight is 280 g/mol. The second-order valence-corrected chi connectivity index (χ2v) is 6.12. The standard InChI is InChI=1S/C14H20N2O4/c1-8(13(18)19-14(2,3)4)15-12(17)10-7-11(20-16-10)9-5-6-9/h7-9H,5-6H2,1-4H3,(H,15,17)/t8-/m1/s1. The molecule has 0 aliphatic heterocycles. The number of esters is 1. The third-order valence-electron chi connectivity index (χ3n) is 2.85. The molecule has 1 fully saturated rings. The van der Waals surface area contributed by atoms with Crippen LogP contribution >= 0.6 is 0 Å². The van der Waals surface area contributed by atoms with Crippen molar-refractivity contribution in [2.24, 2.45) is 0 Å². The van der Waals surface area contributed by atoms with E-state index in [0.717, 1.165) is 18.6 Å². The van der Waals surface area contributed by atoms with Crippen LogP contribution in [0.15, 0.2) is 10.6 Å². The first-order valence-electron chi connectivity index (χ1n) is 6.76. The maximum Gasteiger partial charge on any atom is 0.328 e. The first kappa shape index (κ1) is 14.6. The van der Waals surface area contributed by atoms with Gasteiger partial charge >= 0.3 is 5.97 Å². The number of hydrogen-bond acceptors (Lipinski definition) is 5. The number of carbonyl (C=O) groups is 2. The van der Waals surface area contributed by atoms with Crippen LogP contribution in [0.25, 0.3) is 0 Å². The van der Waals surface area contributed by atoms with Crippen LogP contribution in [0, 0.1) is 0 Å². The minimum atomic E-state index is -0.734. The first-order valence-corrected chi connectivity index (χ1v) is 6.76. The minimum absolute atomic E-state index is 0.197. The van der Waals surface area contributed by atoms with Crippen LogP contribution in [-0.2, 0) is 9.53 Å². The lowest BCUT2D eigenvalue weighted by Crippen LogP contribution is -2.42. The highest BCUT2D eigenvalue weighted by molar-refractivity contribution is 5.95. The summed E-state index contributed by atoms with van der Waals surface area (Å²) in [5, 5.41) is 6.28. The van der Waals surface area contributed by atoms with E-state index in [-0.39, 0.29) is 5.69 Å². The number of ether oxygens (including phenoxy) is 1. The third-order valence-corrected chi connectivity index (χ3v) is 2.85. The molecule has 20 heavy (non-hydrogen) atoms. The molecular formula is C14H20N2O4. The number of amides is 1. The van der Waals surface area contributed by atoms with Crippen molar-refractivity contribution in [2.45, 2.75) is 58.1 Å². The van der Waals surface area contributed by atoms with Crippen LogP contribution in [0.1, 0.15) is 62.7 Å². The molecule has 1 aromatic rings. The summed E-state index contributed by atoms with van der Waals surface area (Å²) in [6, 6.07) is 0.900. The van der Waals surface area contributed by atoms with Gasteiger partial charge in [-0.15, -0.1) is 0 Å². The van der Waals surface area contributed by atoms with Gasteiger partial charge in [0.25, 0.3) is 5.91 Å². The quantitative estimate of drug-likeness (QED) is 0.853. The summed E-state index contributed by atoms with van der Waals surface area (Å²) < 4.78 is 10.3. The zero-order valence-electron chi connectivity index (χ0n) is 12.2. The SMILES string of the molecule is C[C@@H](NC(=O)c1cc(C2CC2)on1)C(=O)OC(C)(C)C. The Balaban J connectivity index is 1.90. The van der Waals surface area contributed by atoms with E-state index in [2.05, 4.69) is 10.5 Å². The molecule has 0 spiro atoms. The predicted molar refractivity (Wildman–Crippen MR) is 71.3 cm³/mol. The monoisotopic (exact) mass is 280 g/mol. The van der Waals surface area contributed by atoms with Crippen LogP contribution in [0.4, 0.5) is 0 Å². The zero-order valence-corrected chi connectivity index (χ0v) is 12.2. The normalized spacial score (nSPS) is 16.6. The Kier molecular flexibility index (Phi) is 3.83. The first-order chi connectivity index (χ1) is 9.26. The predicted octanol–water partition coefficient (Wildman–Crippen LogP) is 2.01. The van der Waals surface area contributed by atoms with Crippen molar-refractivity contribution < 1.29 is 18.8 Å². The molecule has 1 saturated carbocycles. The molecule has 0 saturated heterocycles. The van der Waals surface area contributed by atoms with Crippen LogP contribution in [0.5, 0.6) is 0 Å². The third kappa shape index (κ3) is 3.82. The number of nitrogens with one attached hydrogen (secondary N) is 1. The highest BCUT2D eigenvalue weighted by atomic mass is 16.6. The van der Waals surface area contributed by atoms with E-state index >= 15 is 0 Å². The lowest BCUT2D eigenvalue weighted by atomic mass is 10.2. The van der Waals surface area contributed by atoms with Crippen LogP contribution in [0.2, 0.25) is 0 Å². The Hall–Kier alpha value is -1.85. The summed E-state index contributed by atoms with van der Waals surface area (Å²) in [5.41, 5.74) is -0.384. The molecule has 1 atom stereocenters. The summed E-state index contributed by atoms with van der Waals surface area (Å²) in [7, 11) is 0. The highest BCUT2D eigenvalue weighted by Crippen LogP contribution is 2.40. The van der Waals surface area contributed by atoms with Crippen LogP contribution in [0.3, 0.4) is 0 Å². The average Bonchev–Trinajstić information content (AvgIpc) is 3.04. The Morgan fingerprint density at radius 3 is 2.65 bits per heavy atom. The van der Waals surface area contributed by atoms with Crippen molar-refractivity contribution in [3.05, 3.63) is 17.5 Å². The summed E-state index contributed by atoms with van der Waals surface area (Å²) in [5.74, 6) is 0.225. The molecule has 1 aromatic heterocycles. The number of carbonyl (C=O) groups excluding carboxylic acids is 2. The van der Waals surface area contributed by atoms with Gasteiger partial charge in [-0.05, 0) is 40.5 Å². The number of aromatic nitrogens is 1. The van der Waals surface area contributed by atoms with E-state index < -0.39 is 23.5 Å². The van der Waals surface area contributed by atoms with E-state index in [1.807, 2.05) is 0 Å². The Labute approximate surface area is 117 Å². The van der Waals surface area contributed by atoms with Gasteiger partial charge in [0, 0.05) is 12.0 Å². The van der Waals surface area contributed by atoms with E-state index in [9.17, 15) is 9.59 Å². The van der Waals surface area contributed by atoms with Crippen molar-refractivity contribution in [3.8, 4) is 0 Å². The fourth-order valence-corrected chi connectivity index (χ4v) is 1.68. The molecule has 110 valence electrons. The Bertz CT molecular complexity index is 511. The molecule has 6 nitrogen and oxygen atoms in total. The highest BCUT2D eigenvalue weighted by Gasteiger charge is 2.30. The fourth-order valence-electron chi connectivity index (χ4n) is 1.68. The molecule has 1 heterocycles. The maximum atomic E-state index is 11.9. The van der Waals surface area contributed by atoms with Gasteiger partial charge in [0.15, 0.2) is 5.69 Å². The molecule has 0 unspecified atom stereocenters. The summed E-state index contributed by atoms with van der Waals surface area (Å²) >= 11 is 0. The molecule has 6 heteroatoms. The van der Waals surface area contributed by atoms with Gasteiger partial charge in [-0.1, -0.05) is 5.16 Å². The smallest absolute Gasteiger partial charge is 0.328 e. The van der Waals surface area contributed by atoms with Gasteiger partial charge in [0.05, 0.1) is 0 Å². The van der Waals surface area contributed by atoms with Crippen molar-refractivity contribution in [1.29, 1.82) is 0 Å². The van der Waals surface area contributed by atoms with Gasteiger partial charge in [0.2, 0.25) is 0 Å². The topological polar surface area (TPSA) is 81.4 Å². The Morgan fingerprint density at radius 2 is 2.10 bits per heavy atom. The lowest BCUT2D eigenvalue weighted by Gasteiger charge is -2.22. The molecule has 1 amide bonds. The van der Waals surface area contributed by atoms with E-state index in [0.29, 0.717) is 5.92 Å². The molecule has 1 N–H and O–H groups in total. The summed E-state index contributed by atoms with van der Waals surface area (Å²) in [6.07, 6.45) is 2.15. The van der Waals surface area contributed by atoms with E-state index in [1.165, 1.54) is 0 Å². The Morgan fingerprint density at radius 1 is 1.45 bits per heavy atom. The maximum absolute atomic E-state index is 11.9. The van der Waals surface area contributed by atoms with Gasteiger partial charge in [-0.25, -0.2) is 4.79 Å². The number of nitrogens with zero attached hydrogens (tertiary/aromatic N) is 1. The second kappa shape index (κ2) is 5.26. The van der Waals surface area contributed by atoms with Crippen LogP contribution < -0.4 is 5.32 Å². The summed E-state index contributed by atoms with van der Waals surface area (Å²) in [4.78, 5) is 23.7. The van der Waals surface area contributed by atoms with Crippen molar-refractivity contribution in [2.75, 3.05) is 0 Å². The lowest BCUT2D eigenvalue weighted by molar-refractivity contribution is -0.156. The summed E-state index contributed by atoms with van der Waals surface area (Å²) in [6.45, 7) is 6.91. The minimum Gasteiger partial charge on any atom is -0.458 e. The van der Waals surface area contributed by atoms with Gasteiger partial charge < -0.3 is 14.6 Å². The number of hydrogen-bond donors (Lipinski definition) is 1. The largest absolute Gasteiger partial charge is 0.458 e. The fraction of sp³-hybridized carbons (Fsp3) is 0.643. The van der Waals surface area contributed by atoms with Gasteiger partial charge in [-0.2, -0.15) is 0 Å². The zero-order chi connectivity index (χ0) is 14.9. The molecule has 0 radical (unpaired) electrons.